The van der Waals surface area contributed by atoms with Gasteiger partial charge in [-0.25, -0.2) is 0 Å². The third kappa shape index (κ3) is 2.97. The molecule has 0 spiro atoms. The Labute approximate surface area is 187 Å². The zero-order chi connectivity index (χ0) is 23.3. The third-order valence-corrected chi connectivity index (χ3v) is 5.96. The number of thiocarbonyl (C=S) groups is 1. The van der Waals surface area contributed by atoms with Crippen molar-refractivity contribution in [1.29, 1.82) is 0 Å². The number of rotatable bonds is 4. The summed E-state index contributed by atoms with van der Waals surface area (Å²) in [6.45, 7) is 3.97. The molecule has 0 bridgehead atoms. The van der Waals surface area contributed by atoms with Gasteiger partial charge in [0.05, 0.1) is 9.85 Å². The summed E-state index contributed by atoms with van der Waals surface area (Å²) < 4.78 is 0. The maximum atomic E-state index is 13.3. The maximum Gasteiger partial charge on any atom is 0.270 e. The number of amides is 2. The van der Waals surface area contributed by atoms with Gasteiger partial charge in [-0.05, 0) is 60.5 Å². The summed E-state index contributed by atoms with van der Waals surface area (Å²) in [5.41, 5.74) is 1.28. The molecule has 10 nitrogen and oxygen atoms in total. The van der Waals surface area contributed by atoms with Gasteiger partial charge in [-0.1, -0.05) is 0 Å². The summed E-state index contributed by atoms with van der Waals surface area (Å²) in [4.78, 5) is 50.8. The van der Waals surface area contributed by atoms with Gasteiger partial charge in [0.2, 0.25) is 0 Å². The summed E-state index contributed by atoms with van der Waals surface area (Å²) in [6.07, 6.45) is 0. The van der Waals surface area contributed by atoms with Crippen molar-refractivity contribution in [1.82, 2.24) is 9.80 Å². The van der Waals surface area contributed by atoms with Gasteiger partial charge in [0, 0.05) is 42.9 Å². The molecular formula is C21H16N4O6S. The van der Waals surface area contributed by atoms with Crippen LogP contribution in [0.4, 0.5) is 11.4 Å². The quantitative estimate of drug-likeness (QED) is 0.195. The van der Waals surface area contributed by atoms with E-state index in [1.54, 1.807) is 13.8 Å². The number of nitrogens with zero attached hydrogens (tertiary/aromatic N) is 4. The fourth-order valence-corrected chi connectivity index (χ4v) is 4.46. The number of hydrogen-bond donors (Lipinski definition) is 0. The van der Waals surface area contributed by atoms with Crippen molar-refractivity contribution in [2.75, 3.05) is 13.1 Å². The Bertz CT molecular complexity index is 1190. The Morgan fingerprint density at radius 3 is 1.50 bits per heavy atom. The van der Waals surface area contributed by atoms with Gasteiger partial charge in [-0.2, -0.15) is 0 Å². The summed E-state index contributed by atoms with van der Waals surface area (Å²) in [7, 11) is 0. The van der Waals surface area contributed by atoms with E-state index in [2.05, 4.69) is 0 Å². The van der Waals surface area contributed by atoms with Crippen LogP contribution >= 0.6 is 12.2 Å². The Morgan fingerprint density at radius 1 is 0.750 bits per heavy atom. The van der Waals surface area contributed by atoms with E-state index in [4.69, 9.17) is 12.2 Å². The smallest absolute Gasteiger partial charge is 0.270 e. The molecule has 2 amide bonds. The molecule has 0 unspecified atom stereocenters. The van der Waals surface area contributed by atoms with Gasteiger partial charge in [-0.3, -0.25) is 39.6 Å². The van der Waals surface area contributed by atoms with Crippen LogP contribution in [-0.4, -0.2) is 49.7 Å². The molecule has 1 aliphatic heterocycles. The number of likely N-dealkylation sites (N-methyl/N-ethyl adjacent to an activating group) is 2. The predicted octanol–water partition coefficient (Wildman–Crippen LogP) is 3.28. The average molecular weight is 452 g/mol. The molecular weight excluding hydrogens is 436 g/mol. The molecule has 0 atom stereocenters. The number of non-ortho nitro benzene ring substituents is 2. The van der Waals surface area contributed by atoms with Crippen molar-refractivity contribution in [3.05, 3.63) is 73.3 Å². The highest BCUT2D eigenvalue weighted by Crippen LogP contribution is 2.48. The molecule has 11 heteroatoms. The molecule has 1 aliphatic carbocycles. The number of nitro groups is 2. The monoisotopic (exact) mass is 452 g/mol. The van der Waals surface area contributed by atoms with Crippen LogP contribution in [-0.2, 0) is 9.59 Å². The van der Waals surface area contributed by atoms with Gasteiger partial charge < -0.3 is 0 Å². The van der Waals surface area contributed by atoms with Crippen LogP contribution in [0.5, 0.6) is 0 Å². The van der Waals surface area contributed by atoms with Gasteiger partial charge in [-0.15, -0.1) is 0 Å². The Morgan fingerprint density at radius 2 is 1.16 bits per heavy atom. The first-order valence-corrected chi connectivity index (χ1v) is 10.1. The number of carbonyl (C=O) groups is 2. The van der Waals surface area contributed by atoms with Crippen molar-refractivity contribution in [2.45, 2.75) is 13.8 Å². The molecule has 1 heterocycles. The van der Waals surface area contributed by atoms with Crippen molar-refractivity contribution in [3.8, 4) is 11.1 Å². The third-order valence-electron chi connectivity index (χ3n) is 5.52. The predicted molar refractivity (Wildman–Crippen MR) is 119 cm³/mol. The maximum absolute atomic E-state index is 13.3. The van der Waals surface area contributed by atoms with E-state index >= 15 is 0 Å². The zero-order valence-electron chi connectivity index (χ0n) is 17.0. The highest BCUT2D eigenvalue weighted by Gasteiger charge is 2.42. The lowest BCUT2D eigenvalue weighted by Crippen LogP contribution is -2.56. The van der Waals surface area contributed by atoms with Crippen molar-refractivity contribution in [3.63, 3.8) is 0 Å². The van der Waals surface area contributed by atoms with E-state index in [0.29, 0.717) is 22.3 Å². The highest BCUT2D eigenvalue weighted by molar-refractivity contribution is 7.80. The zero-order valence-corrected chi connectivity index (χ0v) is 17.8. The van der Waals surface area contributed by atoms with Crippen molar-refractivity contribution >= 4 is 46.1 Å². The summed E-state index contributed by atoms with van der Waals surface area (Å²) in [5, 5.41) is 22.8. The number of carbonyl (C=O) groups excluding carboxylic acids is 2. The van der Waals surface area contributed by atoms with Gasteiger partial charge in [0.1, 0.15) is 5.57 Å². The highest BCUT2D eigenvalue weighted by atomic mass is 32.1. The topological polar surface area (TPSA) is 127 Å². The van der Waals surface area contributed by atoms with E-state index in [1.165, 1.54) is 46.2 Å². The number of hydrogen-bond acceptors (Lipinski definition) is 7. The summed E-state index contributed by atoms with van der Waals surface area (Å²) >= 11 is 5.31. The van der Waals surface area contributed by atoms with Crippen LogP contribution in [0.2, 0.25) is 0 Å². The fourth-order valence-electron chi connectivity index (χ4n) is 4.04. The largest absolute Gasteiger partial charge is 0.285 e. The average Bonchev–Trinajstić information content (AvgIpc) is 3.07. The first-order chi connectivity index (χ1) is 15.2. The summed E-state index contributed by atoms with van der Waals surface area (Å²) in [6, 6.07) is 8.06. The van der Waals surface area contributed by atoms with E-state index in [1.807, 2.05) is 0 Å². The van der Waals surface area contributed by atoms with Gasteiger partial charge in [0.25, 0.3) is 23.2 Å². The Hall–Kier alpha value is -3.99. The molecule has 162 valence electrons. The normalized spacial score (nSPS) is 15.2. The van der Waals surface area contributed by atoms with Crippen LogP contribution < -0.4 is 0 Å². The van der Waals surface area contributed by atoms with Crippen LogP contribution in [0.1, 0.15) is 25.0 Å². The van der Waals surface area contributed by atoms with Crippen LogP contribution in [0, 0.1) is 20.2 Å². The summed E-state index contributed by atoms with van der Waals surface area (Å²) in [5.74, 6) is -1.14. The Kier molecular flexibility index (Phi) is 5.05. The van der Waals surface area contributed by atoms with E-state index in [0.717, 1.165) is 0 Å². The molecule has 32 heavy (non-hydrogen) atoms. The first-order valence-electron chi connectivity index (χ1n) is 9.71. The van der Waals surface area contributed by atoms with Crippen molar-refractivity contribution < 1.29 is 19.4 Å². The minimum absolute atomic E-state index is 0.111. The second-order valence-electron chi connectivity index (χ2n) is 7.11. The molecule has 0 radical (unpaired) electrons. The minimum Gasteiger partial charge on any atom is -0.285 e. The molecule has 2 aromatic carbocycles. The second kappa shape index (κ2) is 7.61. The molecule has 1 saturated heterocycles. The van der Waals surface area contributed by atoms with Crippen molar-refractivity contribution in [2.24, 2.45) is 0 Å². The number of fused-ring (bicyclic) bond motifs is 3. The molecule has 0 N–H and O–H groups in total. The first kappa shape index (κ1) is 21.2. The van der Waals surface area contributed by atoms with Crippen LogP contribution in [0.25, 0.3) is 16.7 Å². The molecule has 2 aliphatic rings. The minimum atomic E-state index is -0.574. The lowest BCUT2D eigenvalue weighted by Gasteiger charge is -2.36. The van der Waals surface area contributed by atoms with Gasteiger partial charge >= 0.3 is 0 Å². The SMILES string of the molecule is CCN1C(=O)C(=C2c3ccc([N+](=O)[O-])cc3-c3cc([N+](=O)[O-])ccc32)C(=O)N(CC)C1=S. The molecule has 4 rings (SSSR count). The van der Waals surface area contributed by atoms with Gasteiger partial charge in [0.15, 0.2) is 5.11 Å². The molecule has 2 aromatic rings. The standard InChI is InChI=1S/C21H16N4O6S/c1-3-22-19(26)18(20(27)23(4-2)21(22)32)17-13-7-5-11(24(28)29)9-15(13)16-10-12(25(30)31)6-8-14(16)17/h5-10H,3-4H2,1-2H3. The lowest BCUT2D eigenvalue weighted by atomic mass is 9.94. The molecule has 1 fully saturated rings. The van der Waals surface area contributed by atoms with E-state index in [-0.39, 0.29) is 40.7 Å². The molecule has 0 saturated carbocycles. The van der Waals surface area contributed by atoms with Crippen LogP contribution in [0.3, 0.4) is 0 Å². The fraction of sp³-hybridized carbons (Fsp3) is 0.190. The number of benzene rings is 2. The van der Waals surface area contributed by atoms with E-state index < -0.39 is 21.7 Å². The van der Waals surface area contributed by atoms with Crippen LogP contribution in [0.15, 0.2) is 42.0 Å². The second-order valence-corrected chi connectivity index (χ2v) is 7.47. The van der Waals surface area contributed by atoms with E-state index in [9.17, 15) is 29.8 Å². The molecule has 0 aromatic heterocycles. The number of nitro benzene ring substituents is 2. The lowest BCUT2D eigenvalue weighted by molar-refractivity contribution is -0.385. The Balaban J connectivity index is 2.08.